The maximum atomic E-state index is 13.0. The van der Waals surface area contributed by atoms with Crippen LogP contribution in [0.3, 0.4) is 0 Å². The van der Waals surface area contributed by atoms with Crippen LogP contribution in [0, 0.1) is 5.82 Å². The van der Waals surface area contributed by atoms with E-state index in [1.54, 1.807) is 0 Å². The van der Waals surface area contributed by atoms with Crippen molar-refractivity contribution in [3.63, 3.8) is 0 Å². The third-order valence-electron chi connectivity index (χ3n) is 3.15. The van der Waals surface area contributed by atoms with Crippen LogP contribution in [-0.2, 0) is 6.54 Å². The minimum absolute atomic E-state index is 0.0273. The fraction of sp³-hybridized carbons (Fsp3) is 0.462. The maximum absolute atomic E-state index is 13.0. The van der Waals surface area contributed by atoms with E-state index in [1.807, 2.05) is 0 Å². The average Bonchev–Trinajstić information content (AvgIpc) is 2.38. The first-order chi connectivity index (χ1) is 8.66. The predicted octanol–water partition coefficient (Wildman–Crippen LogP) is 2.01. The van der Waals surface area contributed by atoms with Gasteiger partial charge in [0.25, 0.3) is 0 Å². The Morgan fingerprint density at radius 2 is 2.06 bits per heavy atom. The summed E-state index contributed by atoms with van der Waals surface area (Å²) in [5.41, 5.74) is 3.83. The van der Waals surface area contributed by atoms with E-state index in [-0.39, 0.29) is 5.56 Å². The Bertz CT molecular complexity index is 431. The Labute approximate surface area is 105 Å². The average molecular weight is 252 g/mol. The molecule has 0 saturated carbocycles. The largest absolute Gasteiger partial charge is 0.478 e. The zero-order valence-electron chi connectivity index (χ0n) is 10.2. The van der Waals surface area contributed by atoms with Crippen LogP contribution < -0.4 is 5.43 Å². The first kappa shape index (κ1) is 13.0. The van der Waals surface area contributed by atoms with Gasteiger partial charge in [-0.05, 0) is 30.5 Å². The highest BCUT2D eigenvalue weighted by molar-refractivity contribution is 5.89. The van der Waals surface area contributed by atoms with Crippen LogP contribution >= 0.6 is 0 Å². The number of carboxylic acids is 1. The molecule has 4 nitrogen and oxygen atoms in total. The van der Waals surface area contributed by atoms with Crippen molar-refractivity contribution in [3.8, 4) is 0 Å². The first-order valence-corrected chi connectivity index (χ1v) is 6.17. The molecule has 5 heteroatoms. The Balaban J connectivity index is 2.01. The number of halogens is 1. The number of rotatable bonds is 4. The number of aromatic carboxylic acids is 1. The first-order valence-electron chi connectivity index (χ1n) is 6.17. The van der Waals surface area contributed by atoms with Gasteiger partial charge < -0.3 is 5.11 Å². The quantitative estimate of drug-likeness (QED) is 0.860. The molecule has 0 unspecified atom stereocenters. The molecule has 0 aliphatic carbocycles. The van der Waals surface area contributed by atoms with Gasteiger partial charge in [-0.3, -0.25) is 5.43 Å². The molecule has 1 aromatic carbocycles. The van der Waals surface area contributed by atoms with E-state index in [9.17, 15) is 9.18 Å². The van der Waals surface area contributed by atoms with E-state index in [0.29, 0.717) is 12.1 Å². The summed E-state index contributed by atoms with van der Waals surface area (Å²) in [6, 6.07) is 3.88. The monoisotopic (exact) mass is 252 g/mol. The van der Waals surface area contributed by atoms with Crippen molar-refractivity contribution in [2.45, 2.75) is 25.8 Å². The van der Waals surface area contributed by atoms with Crippen molar-refractivity contribution in [3.05, 3.63) is 35.1 Å². The molecule has 1 heterocycles. The summed E-state index contributed by atoms with van der Waals surface area (Å²) in [6.45, 7) is 2.37. The van der Waals surface area contributed by atoms with Crippen LogP contribution in [0.15, 0.2) is 18.2 Å². The number of carbonyl (C=O) groups is 1. The topological polar surface area (TPSA) is 52.6 Å². The van der Waals surface area contributed by atoms with Crippen molar-refractivity contribution < 1.29 is 14.3 Å². The second-order valence-electron chi connectivity index (χ2n) is 4.49. The summed E-state index contributed by atoms with van der Waals surface area (Å²) in [7, 11) is 0. The molecule has 18 heavy (non-hydrogen) atoms. The molecule has 0 bridgehead atoms. The molecule has 98 valence electrons. The van der Waals surface area contributed by atoms with Crippen LogP contribution in [0.25, 0.3) is 0 Å². The fourth-order valence-corrected chi connectivity index (χ4v) is 2.15. The molecule has 1 aromatic rings. The van der Waals surface area contributed by atoms with Gasteiger partial charge in [0.15, 0.2) is 0 Å². The number of nitrogens with one attached hydrogen (secondary N) is 1. The minimum atomic E-state index is -1.09. The molecule has 1 aliphatic heterocycles. The molecule has 0 atom stereocenters. The van der Waals surface area contributed by atoms with Gasteiger partial charge in [0, 0.05) is 19.6 Å². The van der Waals surface area contributed by atoms with E-state index in [2.05, 4.69) is 10.4 Å². The van der Waals surface area contributed by atoms with Crippen LogP contribution in [0.4, 0.5) is 4.39 Å². The van der Waals surface area contributed by atoms with Gasteiger partial charge in [0.2, 0.25) is 0 Å². The zero-order valence-corrected chi connectivity index (χ0v) is 10.2. The molecule has 0 amide bonds. The van der Waals surface area contributed by atoms with Gasteiger partial charge in [-0.15, -0.1) is 0 Å². The van der Waals surface area contributed by atoms with Gasteiger partial charge in [-0.1, -0.05) is 12.5 Å². The molecule has 0 aromatic heterocycles. The van der Waals surface area contributed by atoms with Crippen molar-refractivity contribution in [1.29, 1.82) is 0 Å². The molecular weight excluding hydrogens is 235 g/mol. The molecule has 0 spiro atoms. The fourth-order valence-electron chi connectivity index (χ4n) is 2.15. The highest BCUT2D eigenvalue weighted by atomic mass is 19.1. The van der Waals surface area contributed by atoms with E-state index in [4.69, 9.17) is 5.11 Å². The third kappa shape index (κ3) is 3.27. The Hall–Kier alpha value is -1.46. The summed E-state index contributed by atoms with van der Waals surface area (Å²) in [6.07, 6.45) is 3.56. The summed E-state index contributed by atoms with van der Waals surface area (Å²) in [4.78, 5) is 11.0. The minimum Gasteiger partial charge on any atom is -0.478 e. The highest BCUT2D eigenvalue weighted by Crippen LogP contribution is 2.12. The lowest BCUT2D eigenvalue weighted by atomic mass is 10.1. The Morgan fingerprint density at radius 1 is 1.33 bits per heavy atom. The number of nitrogens with zero attached hydrogens (tertiary/aromatic N) is 1. The lowest BCUT2D eigenvalue weighted by molar-refractivity contribution is 0.0693. The van der Waals surface area contributed by atoms with Gasteiger partial charge in [0.05, 0.1) is 5.56 Å². The maximum Gasteiger partial charge on any atom is 0.336 e. The lowest BCUT2D eigenvalue weighted by Gasteiger charge is -2.27. The summed E-state index contributed by atoms with van der Waals surface area (Å²) in [5, 5.41) is 11.1. The number of piperidine rings is 1. The standard InChI is InChI=1S/C13H17FN2O2/c14-11-5-4-10(12(8-11)13(17)18)9-15-16-6-2-1-3-7-16/h4-5,8,15H,1-3,6-7,9H2,(H,17,18). The molecule has 2 rings (SSSR count). The van der Waals surface area contributed by atoms with Crippen molar-refractivity contribution in [2.75, 3.05) is 13.1 Å². The molecule has 0 radical (unpaired) electrons. The normalized spacial score (nSPS) is 16.7. The molecular formula is C13H17FN2O2. The number of hydrogen-bond acceptors (Lipinski definition) is 3. The van der Waals surface area contributed by atoms with Gasteiger partial charge in [-0.2, -0.15) is 0 Å². The predicted molar refractivity (Wildman–Crippen MR) is 65.6 cm³/mol. The van der Waals surface area contributed by atoms with Gasteiger partial charge in [0.1, 0.15) is 5.82 Å². The SMILES string of the molecule is O=C(O)c1cc(F)ccc1CNN1CCCCC1. The number of benzene rings is 1. The molecule has 2 N–H and O–H groups in total. The smallest absolute Gasteiger partial charge is 0.336 e. The van der Waals surface area contributed by atoms with E-state index >= 15 is 0 Å². The van der Waals surface area contributed by atoms with Gasteiger partial charge >= 0.3 is 5.97 Å². The van der Waals surface area contributed by atoms with Gasteiger partial charge in [-0.25, -0.2) is 14.2 Å². The molecule has 1 saturated heterocycles. The van der Waals surface area contributed by atoms with Crippen LogP contribution in [-0.4, -0.2) is 29.2 Å². The Morgan fingerprint density at radius 3 is 2.72 bits per heavy atom. The van der Waals surface area contributed by atoms with E-state index in [1.165, 1.54) is 18.6 Å². The van der Waals surface area contributed by atoms with E-state index < -0.39 is 11.8 Å². The van der Waals surface area contributed by atoms with Crippen molar-refractivity contribution in [2.24, 2.45) is 0 Å². The highest BCUT2D eigenvalue weighted by Gasteiger charge is 2.13. The van der Waals surface area contributed by atoms with Crippen LogP contribution in [0.5, 0.6) is 0 Å². The summed E-state index contributed by atoms with van der Waals surface area (Å²) >= 11 is 0. The number of hydrazine groups is 1. The van der Waals surface area contributed by atoms with Crippen LogP contribution in [0.1, 0.15) is 35.2 Å². The summed E-state index contributed by atoms with van der Waals surface area (Å²) < 4.78 is 13.0. The number of carboxylic acid groups (broad SMARTS) is 1. The zero-order chi connectivity index (χ0) is 13.0. The third-order valence-corrected chi connectivity index (χ3v) is 3.15. The second-order valence-corrected chi connectivity index (χ2v) is 4.49. The van der Waals surface area contributed by atoms with Crippen molar-refractivity contribution >= 4 is 5.97 Å². The van der Waals surface area contributed by atoms with Crippen molar-refractivity contribution in [1.82, 2.24) is 10.4 Å². The van der Waals surface area contributed by atoms with E-state index in [0.717, 1.165) is 32.0 Å². The summed E-state index contributed by atoms with van der Waals surface area (Å²) in [5.74, 6) is -1.61. The molecule has 1 aliphatic rings. The second kappa shape index (κ2) is 5.93. The number of hydrogen-bond donors (Lipinski definition) is 2. The van der Waals surface area contributed by atoms with Crippen LogP contribution in [0.2, 0.25) is 0 Å². The lowest BCUT2D eigenvalue weighted by Crippen LogP contribution is -2.41. The molecule has 1 fully saturated rings. The Kier molecular flexibility index (Phi) is 4.28.